The van der Waals surface area contributed by atoms with Gasteiger partial charge < -0.3 is 24.0 Å². The Kier molecular flexibility index (Phi) is 7.24. The molecule has 5 heteroatoms. The van der Waals surface area contributed by atoms with Crippen molar-refractivity contribution in [3.05, 3.63) is 91.0 Å². The topological polar surface area (TPSA) is 0 Å². The zero-order valence-electron chi connectivity index (χ0n) is 14.0. The van der Waals surface area contributed by atoms with E-state index in [2.05, 4.69) is 0 Å². The molecule has 0 saturated carbocycles. The summed E-state index contributed by atoms with van der Waals surface area (Å²) in [6.45, 7) is 0. The van der Waals surface area contributed by atoms with Gasteiger partial charge in [0.05, 0.1) is 12.6 Å². The van der Waals surface area contributed by atoms with Crippen molar-refractivity contribution in [2.24, 2.45) is 0 Å². The quantitative estimate of drug-likeness (QED) is 0.382. The van der Waals surface area contributed by atoms with E-state index in [1.807, 2.05) is 91.0 Å². The molecule has 0 heterocycles. The van der Waals surface area contributed by atoms with E-state index in [9.17, 15) is 13.2 Å². The number of hydrogen-bond donors (Lipinski definition) is 0. The van der Waals surface area contributed by atoms with Crippen LogP contribution in [0.15, 0.2) is 91.0 Å². The molecule has 0 aromatic heterocycles. The Hall–Kier alpha value is -1.39. The van der Waals surface area contributed by atoms with E-state index in [1.165, 1.54) is 0 Å². The van der Waals surface area contributed by atoms with Gasteiger partial charge >= 0.3 is 6.18 Å². The Labute approximate surface area is 169 Å². The third-order valence-corrected chi connectivity index (χ3v) is 8.76. The summed E-state index contributed by atoms with van der Waals surface area (Å²) in [5, 5.41) is 2.95. The van der Waals surface area contributed by atoms with Crippen LogP contribution in [0.3, 0.4) is 0 Å². The summed E-state index contributed by atoms with van der Waals surface area (Å²) in [6.07, 6.45) is -4.89. The van der Waals surface area contributed by atoms with Gasteiger partial charge in [-0.3, -0.25) is 0 Å². The van der Waals surface area contributed by atoms with E-state index < -0.39 is 19.9 Å². The van der Waals surface area contributed by atoms with Gasteiger partial charge in [-0.1, -0.05) is 54.6 Å². The standard InChI is InChI=1S/C21H19F3P.HI/c22-21(23,24)16-17-25(18-10-4-1-5-11-18,19-12-6-2-7-13-19)20-14-8-3-9-15-20;/h1-15H,16-17H2;1H/q+1;/p-1. The second-order valence-electron chi connectivity index (χ2n) is 5.91. The monoisotopic (exact) mass is 486 g/mol. The predicted octanol–water partition coefficient (Wildman–Crippen LogP) is 1.94. The summed E-state index contributed by atoms with van der Waals surface area (Å²) in [4.78, 5) is 0. The van der Waals surface area contributed by atoms with Crippen LogP contribution in [0, 0.1) is 0 Å². The normalized spacial score (nSPS) is 11.7. The molecule has 26 heavy (non-hydrogen) atoms. The van der Waals surface area contributed by atoms with E-state index in [4.69, 9.17) is 0 Å². The molecule has 0 N–H and O–H groups in total. The number of halogens is 4. The van der Waals surface area contributed by atoms with E-state index in [0.29, 0.717) is 0 Å². The third kappa shape index (κ3) is 4.66. The summed E-state index contributed by atoms with van der Waals surface area (Å²) in [5.41, 5.74) is 0. The molecule has 0 fully saturated rings. The summed E-state index contributed by atoms with van der Waals surface area (Å²) in [7, 11) is -2.37. The molecular formula is C21H19F3IP. The van der Waals surface area contributed by atoms with Crippen molar-refractivity contribution in [2.75, 3.05) is 6.16 Å². The minimum Gasteiger partial charge on any atom is -1.00 e. The molecule has 0 nitrogen and oxygen atoms in total. The van der Waals surface area contributed by atoms with Crippen LogP contribution in [0.1, 0.15) is 6.42 Å². The molecule has 3 aromatic carbocycles. The average Bonchev–Trinajstić information content (AvgIpc) is 2.64. The maximum Gasteiger partial charge on any atom is 0.392 e. The zero-order chi connectivity index (χ0) is 17.8. The summed E-state index contributed by atoms with van der Waals surface area (Å²) in [5.74, 6) is 0. The van der Waals surface area contributed by atoms with Crippen molar-refractivity contribution in [1.29, 1.82) is 0 Å². The van der Waals surface area contributed by atoms with Crippen LogP contribution >= 0.6 is 7.26 Å². The first-order chi connectivity index (χ1) is 12.0. The third-order valence-electron chi connectivity index (χ3n) is 4.32. The Morgan fingerprint density at radius 1 is 0.577 bits per heavy atom. The van der Waals surface area contributed by atoms with Gasteiger partial charge in [0.15, 0.2) is 0 Å². The summed E-state index contributed by atoms with van der Waals surface area (Å²) in [6, 6.07) is 28.9. The fourth-order valence-corrected chi connectivity index (χ4v) is 7.48. The van der Waals surface area contributed by atoms with Gasteiger partial charge in [-0.25, -0.2) is 0 Å². The van der Waals surface area contributed by atoms with Crippen molar-refractivity contribution < 1.29 is 37.1 Å². The van der Waals surface area contributed by atoms with Crippen LogP contribution in [0.4, 0.5) is 13.2 Å². The van der Waals surface area contributed by atoms with E-state index in [0.717, 1.165) is 15.9 Å². The van der Waals surface area contributed by atoms with Gasteiger partial charge in [-0.05, 0) is 36.4 Å². The number of alkyl halides is 3. The van der Waals surface area contributed by atoms with Crippen LogP contribution in [-0.2, 0) is 0 Å². The molecule has 3 aromatic rings. The minimum absolute atomic E-state index is 0. The molecule has 0 amide bonds. The molecule has 136 valence electrons. The van der Waals surface area contributed by atoms with Crippen molar-refractivity contribution >= 4 is 23.2 Å². The van der Waals surface area contributed by atoms with Crippen molar-refractivity contribution in [3.8, 4) is 0 Å². The molecule has 0 unspecified atom stereocenters. The Balaban J connectivity index is 0.00000243. The lowest BCUT2D eigenvalue weighted by molar-refractivity contribution is -0.129. The van der Waals surface area contributed by atoms with Crippen molar-refractivity contribution in [3.63, 3.8) is 0 Å². The molecule has 0 aliphatic rings. The fourth-order valence-electron chi connectivity index (χ4n) is 3.18. The van der Waals surface area contributed by atoms with Crippen molar-refractivity contribution in [1.82, 2.24) is 0 Å². The second kappa shape index (κ2) is 9.01. The molecule has 0 aliphatic heterocycles. The molecule has 0 saturated heterocycles. The summed E-state index contributed by atoms with van der Waals surface area (Å²) >= 11 is 0. The van der Waals surface area contributed by atoms with Crippen LogP contribution in [0.5, 0.6) is 0 Å². The number of benzene rings is 3. The molecule has 3 rings (SSSR count). The first kappa shape index (κ1) is 20.9. The molecule has 0 spiro atoms. The van der Waals surface area contributed by atoms with E-state index >= 15 is 0 Å². The molecule has 0 atom stereocenters. The molecule has 0 bridgehead atoms. The second-order valence-corrected chi connectivity index (χ2v) is 9.52. The van der Waals surface area contributed by atoms with Gasteiger partial charge in [0, 0.05) is 0 Å². The fraction of sp³-hybridized carbons (Fsp3) is 0.143. The lowest BCUT2D eigenvalue weighted by Gasteiger charge is -2.28. The van der Waals surface area contributed by atoms with Gasteiger partial charge in [0.2, 0.25) is 0 Å². The predicted molar refractivity (Wildman–Crippen MR) is 101 cm³/mol. The highest BCUT2D eigenvalue weighted by Gasteiger charge is 2.47. The van der Waals surface area contributed by atoms with Crippen LogP contribution in [0.25, 0.3) is 0 Å². The smallest absolute Gasteiger partial charge is 0.392 e. The van der Waals surface area contributed by atoms with Crippen LogP contribution in [-0.4, -0.2) is 12.3 Å². The molecule has 0 radical (unpaired) electrons. The first-order valence-corrected chi connectivity index (χ1v) is 10.1. The minimum atomic E-state index is -4.18. The Bertz CT molecular complexity index is 693. The zero-order valence-corrected chi connectivity index (χ0v) is 17.1. The maximum atomic E-state index is 13.2. The number of hydrogen-bond acceptors (Lipinski definition) is 0. The Morgan fingerprint density at radius 3 is 1.15 bits per heavy atom. The molecular weight excluding hydrogens is 467 g/mol. The van der Waals surface area contributed by atoms with Gasteiger partial charge in [-0.2, -0.15) is 13.2 Å². The first-order valence-electron chi connectivity index (χ1n) is 8.14. The SMILES string of the molecule is FC(F)(F)CC[P+](c1ccccc1)(c1ccccc1)c1ccccc1.[I-]. The van der Waals surface area contributed by atoms with Crippen molar-refractivity contribution in [2.45, 2.75) is 12.6 Å². The lowest BCUT2D eigenvalue weighted by atomic mass is 10.3. The van der Waals surface area contributed by atoms with Gasteiger partial charge in [-0.15, -0.1) is 0 Å². The summed E-state index contributed by atoms with van der Waals surface area (Å²) < 4.78 is 39.5. The molecule has 0 aliphatic carbocycles. The highest BCUT2D eigenvalue weighted by atomic mass is 127. The largest absolute Gasteiger partial charge is 1.00 e. The maximum absolute atomic E-state index is 13.2. The Morgan fingerprint density at radius 2 is 0.885 bits per heavy atom. The average molecular weight is 486 g/mol. The lowest BCUT2D eigenvalue weighted by Crippen LogP contribution is -3.00. The van der Waals surface area contributed by atoms with E-state index in [1.54, 1.807) is 0 Å². The van der Waals surface area contributed by atoms with Gasteiger partial charge in [0.1, 0.15) is 23.2 Å². The number of rotatable bonds is 5. The van der Waals surface area contributed by atoms with Crippen LogP contribution in [0.2, 0.25) is 0 Å². The van der Waals surface area contributed by atoms with Gasteiger partial charge in [0.25, 0.3) is 0 Å². The highest BCUT2D eigenvalue weighted by Crippen LogP contribution is 2.56. The van der Waals surface area contributed by atoms with Crippen LogP contribution < -0.4 is 39.9 Å². The highest BCUT2D eigenvalue weighted by molar-refractivity contribution is 7.95. The van der Waals surface area contributed by atoms with E-state index in [-0.39, 0.29) is 30.1 Å².